The van der Waals surface area contributed by atoms with Crippen LogP contribution in [0.1, 0.15) is 31.8 Å². The molecule has 0 saturated carbocycles. The predicted molar refractivity (Wildman–Crippen MR) is 116 cm³/mol. The molecule has 31 heavy (non-hydrogen) atoms. The number of hydrogen-bond donors (Lipinski definition) is 3. The fraction of sp³-hybridized carbons (Fsp3) is 0.130. The van der Waals surface area contributed by atoms with Crippen molar-refractivity contribution in [3.63, 3.8) is 0 Å². The number of anilines is 1. The summed E-state index contributed by atoms with van der Waals surface area (Å²) in [6, 6.07) is 14.6. The van der Waals surface area contributed by atoms with Crippen molar-refractivity contribution in [3.8, 4) is 11.4 Å². The topological polar surface area (TPSA) is 105 Å². The summed E-state index contributed by atoms with van der Waals surface area (Å²) < 4.78 is 2.03. The summed E-state index contributed by atoms with van der Waals surface area (Å²) in [6.45, 7) is 1.12. The standard InChI is InChI=1S/C23H20N6O2/c30-22(25-13-15-5-4-9-24-12-15)17-11-19-20-18(8-10-29(19)14-17)21(28-27-20)26-23(31)16-6-2-1-3-7-16/h1-7,9,11-12,14H,8,10,13H2,(H,25,30)(H2,26,27,28,31). The van der Waals surface area contributed by atoms with Crippen LogP contribution < -0.4 is 10.6 Å². The Hall–Kier alpha value is -4.20. The van der Waals surface area contributed by atoms with Gasteiger partial charge in [-0.25, -0.2) is 0 Å². The zero-order valence-electron chi connectivity index (χ0n) is 16.6. The highest BCUT2D eigenvalue weighted by atomic mass is 16.2. The molecule has 1 aliphatic heterocycles. The van der Waals surface area contributed by atoms with Crippen LogP contribution in [-0.2, 0) is 19.5 Å². The maximum absolute atomic E-state index is 12.6. The maximum atomic E-state index is 12.6. The Morgan fingerprint density at radius 1 is 1.06 bits per heavy atom. The number of carbonyl (C=O) groups is 2. The Morgan fingerprint density at radius 3 is 2.74 bits per heavy atom. The minimum atomic E-state index is -0.202. The van der Waals surface area contributed by atoms with E-state index in [1.165, 1.54) is 0 Å². The second-order valence-electron chi connectivity index (χ2n) is 7.35. The van der Waals surface area contributed by atoms with Gasteiger partial charge in [0.1, 0.15) is 0 Å². The van der Waals surface area contributed by atoms with Crippen LogP contribution in [0.5, 0.6) is 0 Å². The molecule has 0 spiro atoms. The number of amides is 2. The Labute approximate surface area is 178 Å². The van der Waals surface area contributed by atoms with Gasteiger partial charge in [-0.1, -0.05) is 24.3 Å². The SMILES string of the molecule is O=C(NCc1cccnc1)c1cc2n(c1)CCc1c(NC(=O)c3ccccc3)n[nH]c1-2. The molecule has 1 aromatic carbocycles. The number of benzene rings is 1. The molecule has 0 radical (unpaired) electrons. The van der Waals surface area contributed by atoms with Gasteiger partial charge in [-0.3, -0.25) is 19.7 Å². The normalized spacial score (nSPS) is 12.0. The van der Waals surface area contributed by atoms with Crippen LogP contribution >= 0.6 is 0 Å². The number of nitrogens with one attached hydrogen (secondary N) is 3. The highest BCUT2D eigenvalue weighted by Crippen LogP contribution is 2.33. The first-order chi connectivity index (χ1) is 15.2. The van der Waals surface area contributed by atoms with Crippen molar-refractivity contribution in [1.82, 2.24) is 25.1 Å². The van der Waals surface area contributed by atoms with E-state index >= 15 is 0 Å². The van der Waals surface area contributed by atoms with E-state index in [0.717, 1.165) is 22.5 Å². The average Bonchev–Trinajstić information content (AvgIpc) is 3.43. The number of H-pyrrole nitrogens is 1. The number of pyridine rings is 1. The smallest absolute Gasteiger partial charge is 0.256 e. The van der Waals surface area contributed by atoms with E-state index in [0.29, 0.717) is 36.5 Å². The highest BCUT2D eigenvalue weighted by Gasteiger charge is 2.25. The van der Waals surface area contributed by atoms with Gasteiger partial charge in [0, 0.05) is 42.8 Å². The predicted octanol–water partition coefficient (Wildman–Crippen LogP) is 3.01. The third-order valence-electron chi connectivity index (χ3n) is 5.33. The van der Waals surface area contributed by atoms with Gasteiger partial charge in [-0.2, -0.15) is 5.10 Å². The van der Waals surface area contributed by atoms with Crippen molar-refractivity contribution in [3.05, 3.63) is 89.4 Å². The summed E-state index contributed by atoms with van der Waals surface area (Å²) in [5.41, 5.74) is 4.73. The third-order valence-corrected chi connectivity index (χ3v) is 5.33. The molecule has 0 saturated heterocycles. The van der Waals surface area contributed by atoms with Gasteiger partial charge >= 0.3 is 0 Å². The summed E-state index contributed by atoms with van der Waals surface area (Å²) in [7, 11) is 0. The minimum absolute atomic E-state index is 0.149. The molecular weight excluding hydrogens is 392 g/mol. The Morgan fingerprint density at radius 2 is 1.94 bits per heavy atom. The molecule has 3 aromatic heterocycles. The number of rotatable bonds is 5. The number of aryl methyl sites for hydroxylation is 1. The van der Waals surface area contributed by atoms with E-state index < -0.39 is 0 Å². The number of hydrogen-bond acceptors (Lipinski definition) is 4. The Kier molecular flexibility index (Phi) is 4.80. The molecule has 8 nitrogen and oxygen atoms in total. The molecule has 0 atom stereocenters. The number of carbonyl (C=O) groups excluding carboxylic acids is 2. The number of aromatic amines is 1. The van der Waals surface area contributed by atoms with Gasteiger partial charge in [0.15, 0.2) is 5.82 Å². The number of nitrogens with zero attached hydrogens (tertiary/aromatic N) is 3. The highest BCUT2D eigenvalue weighted by molar-refractivity contribution is 6.04. The van der Waals surface area contributed by atoms with Crippen LogP contribution in [0.25, 0.3) is 11.4 Å². The Bertz CT molecular complexity index is 1240. The van der Waals surface area contributed by atoms with E-state index in [2.05, 4.69) is 25.8 Å². The average molecular weight is 412 g/mol. The molecule has 2 amide bonds. The first-order valence-corrected chi connectivity index (χ1v) is 10.0. The van der Waals surface area contributed by atoms with Crippen molar-refractivity contribution < 1.29 is 9.59 Å². The maximum Gasteiger partial charge on any atom is 0.256 e. The third kappa shape index (κ3) is 3.71. The van der Waals surface area contributed by atoms with Crippen LogP contribution in [0.15, 0.2) is 67.1 Å². The van der Waals surface area contributed by atoms with Gasteiger partial charge < -0.3 is 15.2 Å². The summed E-state index contributed by atoms with van der Waals surface area (Å²) in [5.74, 6) is 0.176. The first kappa shape index (κ1) is 18.8. The summed E-state index contributed by atoms with van der Waals surface area (Å²) in [4.78, 5) is 29.2. The second-order valence-corrected chi connectivity index (χ2v) is 7.35. The zero-order valence-corrected chi connectivity index (χ0v) is 16.6. The van der Waals surface area contributed by atoms with Gasteiger partial charge in [-0.05, 0) is 36.2 Å². The molecule has 154 valence electrons. The summed E-state index contributed by atoms with van der Waals surface area (Å²) >= 11 is 0. The fourth-order valence-electron chi connectivity index (χ4n) is 3.74. The quantitative estimate of drug-likeness (QED) is 0.469. The molecule has 4 aromatic rings. The number of aromatic nitrogens is 4. The lowest BCUT2D eigenvalue weighted by Crippen LogP contribution is -2.22. The summed E-state index contributed by atoms with van der Waals surface area (Å²) in [5, 5.41) is 13.2. The van der Waals surface area contributed by atoms with Crippen molar-refractivity contribution in [2.24, 2.45) is 0 Å². The minimum Gasteiger partial charge on any atom is -0.348 e. The molecule has 4 heterocycles. The monoisotopic (exact) mass is 412 g/mol. The van der Waals surface area contributed by atoms with Crippen LogP contribution in [-0.4, -0.2) is 31.6 Å². The Balaban J connectivity index is 1.33. The van der Waals surface area contributed by atoms with Crippen LogP contribution in [0.2, 0.25) is 0 Å². The van der Waals surface area contributed by atoms with Crippen LogP contribution in [0.4, 0.5) is 5.82 Å². The van der Waals surface area contributed by atoms with Crippen LogP contribution in [0, 0.1) is 0 Å². The second kappa shape index (κ2) is 7.91. The van der Waals surface area contributed by atoms with E-state index in [-0.39, 0.29) is 11.8 Å². The molecule has 1 aliphatic rings. The van der Waals surface area contributed by atoms with Crippen molar-refractivity contribution in [1.29, 1.82) is 0 Å². The van der Waals surface area contributed by atoms with E-state index in [1.807, 2.05) is 47.2 Å². The molecule has 8 heteroatoms. The van der Waals surface area contributed by atoms with Crippen LogP contribution in [0.3, 0.4) is 0 Å². The van der Waals surface area contributed by atoms with Gasteiger partial charge in [0.05, 0.1) is 17.0 Å². The largest absolute Gasteiger partial charge is 0.348 e. The van der Waals surface area contributed by atoms with E-state index in [4.69, 9.17) is 0 Å². The van der Waals surface area contributed by atoms with Gasteiger partial charge in [-0.15, -0.1) is 0 Å². The van der Waals surface area contributed by atoms with Gasteiger partial charge in [0.2, 0.25) is 0 Å². The molecule has 0 bridgehead atoms. The summed E-state index contributed by atoms with van der Waals surface area (Å²) in [6.07, 6.45) is 5.98. The van der Waals surface area contributed by atoms with Gasteiger partial charge in [0.25, 0.3) is 11.8 Å². The molecule has 3 N–H and O–H groups in total. The number of fused-ring (bicyclic) bond motifs is 3. The molecule has 0 unspecified atom stereocenters. The lowest BCUT2D eigenvalue weighted by molar-refractivity contribution is 0.0950. The van der Waals surface area contributed by atoms with E-state index in [1.54, 1.807) is 24.5 Å². The lowest BCUT2D eigenvalue weighted by atomic mass is 10.1. The fourth-order valence-corrected chi connectivity index (χ4v) is 3.74. The molecule has 0 aliphatic carbocycles. The van der Waals surface area contributed by atoms with Crippen molar-refractivity contribution in [2.75, 3.05) is 5.32 Å². The first-order valence-electron chi connectivity index (χ1n) is 10.0. The molecule has 5 rings (SSSR count). The van der Waals surface area contributed by atoms with Crippen molar-refractivity contribution >= 4 is 17.6 Å². The zero-order chi connectivity index (χ0) is 21.2. The molecular formula is C23H20N6O2. The van der Waals surface area contributed by atoms with Crippen molar-refractivity contribution in [2.45, 2.75) is 19.5 Å². The van der Waals surface area contributed by atoms with E-state index in [9.17, 15) is 9.59 Å². The lowest BCUT2D eigenvalue weighted by Gasteiger charge is -2.16. The molecule has 0 fully saturated rings.